The average molecular weight is 522 g/mol. The topological polar surface area (TPSA) is 123 Å². The van der Waals surface area contributed by atoms with Crippen molar-refractivity contribution in [2.75, 3.05) is 45.3 Å². The summed E-state index contributed by atoms with van der Waals surface area (Å²) in [6, 6.07) is 4.73. The highest BCUT2D eigenvalue weighted by Gasteiger charge is 2.36. The zero-order valence-electron chi connectivity index (χ0n) is 23.1. The largest absolute Gasteiger partial charge is 0.460 e. The van der Waals surface area contributed by atoms with Crippen LogP contribution in [0.15, 0.2) is 18.2 Å². The van der Waals surface area contributed by atoms with E-state index in [-0.39, 0.29) is 43.7 Å². The maximum absolute atomic E-state index is 12.9. The average Bonchev–Trinajstić information content (AvgIpc) is 3.20. The fraction of sp³-hybridized carbons (Fsp3) is 0.630. The molecule has 0 saturated carbocycles. The molecule has 1 aromatic rings. The molecule has 0 radical (unpaired) electrons. The SMILES string of the molecule is CC.CNC(=O)C(CCC=O)N1Cc2c(NCCOCCOCCC(=O)OC(C)(C)C)cccc2C1=O. The number of nitrogens with one attached hydrogen (secondary N) is 2. The number of ether oxygens (including phenoxy) is 3. The smallest absolute Gasteiger partial charge is 0.308 e. The number of likely N-dealkylation sites (N-methyl/N-ethyl adjacent to an activating group) is 1. The first-order valence-corrected chi connectivity index (χ1v) is 12.9. The van der Waals surface area contributed by atoms with Crippen molar-refractivity contribution in [3.63, 3.8) is 0 Å². The van der Waals surface area contributed by atoms with Crippen LogP contribution in [0.2, 0.25) is 0 Å². The number of amides is 2. The molecule has 1 unspecified atom stereocenters. The van der Waals surface area contributed by atoms with Crippen molar-refractivity contribution < 1.29 is 33.4 Å². The van der Waals surface area contributed by atoms with Gasteiger partial charge >= 0.3 is 5.97 Å². The van der Waals surface area contributed by atoms with E-state index < -0.39 is 11.6 Å². The van der Waals surface area contributed by atoms with Gasteiger partial charge in [-0.1, -0.05) is 19.9 Å². The van der Waals surface area contributed by atoms with Crippen LogP contribution in [-0.4, -0.2) is 80.6 Å². The first kappa shape index (κ1) is 32.0. The summed E-state index contributed by atoms with van der Waals surface area (Å²) in [6.07, 6.45) is 1.43. The molecule has 2 rings (SSSR count). The molecule has 0 spiro atoms. The summed E-state index contributed by atoms with van der Waals surface area (Å²) < 4.78 is 16.2. The highest BCUT2D eigenvalue weighted by Crippen LogP contribution is 2.31. The van der Waals surface area contributed by atoms with Gasteiger partial charge < -0.3 is 34.5 Å². The molecule has 0 fully saturated rings. The van der Waals surface area contributed by atoms with Crippen molar-refractivity contribution >= 4 is 29.8 Å². The Balaban J connectivity index is 0.00000334. The lowest BCUT2D eigenvalue weighted by Gasteiger charge is -2.25. The van der Waals surface area contributed by atoms with E-state index in [0.717, 1.165) is 17.5 Å². The molecule has 1 atom stereocenters. The van der Waals surface area contributed by atoms with E-state index in [1.54, 1.807) is 12.1 Å². The number of aldehydes is 1. The van der Waals surface area contributed by atoms with Gasteiger partial charge in [0.25, 0.3) is 5.91 Å². The van der Waals surface area contributed by atoms with Crippen LogP contribution in [-0.2, 0) is 35.1 Å². The number of carbonyl (C=O) groups is 4. The molecule has 10 nitrogen and oxygen atoms in total. The van der Waals surface area contributed by atoms with Gasteiger partial charge in [-0.15, -0.1) is 0 Å². The number of nitrogens with zero attached hydrogens (tertiary/aromatic N) is 1. The predicted octanol–water partition coefficient (Wildman–Crippen LogP) is 2.94. The lowest BCUT2D eigenvalue weighted by atomic mass is 10.1. The van der Waals surface area contributed by atoms with E-state index in [4.69, 9.17) is 14.2 Å². The van der Waals surface area contributed by atoms with E-state index in [0.29, 0.717) is 38.5 Å². The Morgan fingerprint density at radius 3 is 2.41 bits per heavy atom. The number of hydrogen-bond donors (Lipinski definition) is 2. The second-order valence-corrected chi connectivity index (χ2v) is 9.13. The van der Waals surface area contributed by atoms with E-state index >= 15 is 0 Å². The summed E-state index contributed by atoms with van der Waals surface area (Å²) in [5, 5.41) is 5.87. The summed E-state index contributed by atoms with van der Waals surface area (Å²) in [6.45, 7) is 11.7. The molecule has 2 amide bonds. The molecule has 0 aliphatic carbocycles. The molecule has 37 heavy (non-hydrogen) atoms. The normalized spacial score (nSPS) is 13.2. The Morgan fingerprint density at radius 1 is 1.11 bits per heavy atom. The standard InChI is InChI=1S/C25H37N3O7.C2H6/c1-25(2,3)35-22(30)10-13-33-15-16-34-14-11-27-20-8-5-7-18-19(20)17-28(24(18)32)21(9-6-12-29)23(31)26-4;1-2/h5,7-8,12,21,27H,6,9-11,13-17H2,1-4H3,(H,26,31);1-2H3. The highest BCUT2D eigenvalue weighted by atomic mass is 16.6. The van der Waals surface area contributed by atoms with Gasteiger partial charge in [0, 0.05) is 43.4 Å². The number of benzene rings is 1. The summed E-state index contributed by atoms with van der Waals surface area (Å²) >= 11 is 0. The fourth-order valence-corrected chi connectivity index (χ4v) is 3.72. The molecular formula is C27H43N3O7. The Kier molecular flexibility index (Phi) is 14.5. The highest BCUT2D eigenvalue weighted by molar-refractivity contribution is 6.02. The predicted molar refractivity (Wildman–Crippen MR) is 141 cm³/mol. The third-order valence-corrected chi connectivity index (χ3v) is 5.28. The Labute approximate surface area is 220 Å². The fourth-order valence-electron chi connectivity index (χ4n) is 3.72. The van der Waals surface area contributed by atoms with Crippen molar-refractivity contribution in [3.05, 3.63) is 29.3 Å². The van der Waals surface area contributed by atoms with Crippen LogP contribution in [0.25, 0.3) is 0 Å². The molecule has 1 heterocycles. The molecule has 0 aromatic heterocycles. The first-order valence-electron chi connectivity index (χ1n) is 12.9. The molecule has 208 valence electrons. The molecule has 0 saturated heterocycles. The van der Waals surface area contributed by atoms with Crippen molar-refractivity contribution in [2.45, 2.75) is 72.1 Å². The maximum Gasteiger partial charge on any atom is 0.308 e. The molecule has 1 aliphatic rings. The molecule has 0 bridgehead atoms. The van der Waals surface area contributed by atoms with Crippen molar-refractivity contribution in [3.8, 4) is 0 Å². The van der Waals surface area contributed by atoms with Crippen LogP contribution in [0.5, 0.6) is 0 Å². The van der Waals surface area contributed by atoms with Gasteiger partial charge in [0.1, 0.15) is 17.9 Å². The van der Waals surface area contributed by atoms with Crippen molar-refractivity contribution in [2.24, 2.45) is 0 Å². The molecule has 1 aliphatic heterocycles. The number of esters is 1. The summed E-state index contributed by atoms with van der Waals surface area (Å²) in [7, 11) is 1.52. The Bertz CT molecular complexity index is 883. The minimum absolute atomic E-state index is 0.198. The van der Waals surface area contributed by atoms with Gasteiger partial charge in [-0.3, -0.25) is 14.4 Å². The van der Waals surface area contributed by atoms with E-state index in [9.17, 15) is 19.2 Å². The number of hydrogen-bond acceptors (Lipinski definition) is 8. The quantitative estimate of drug-likeness (QED) is 0.205. The van der Waals surface area contributed by atoms with E-state index in [1.165, 1.54) is 11.9 Å². The maximum atomic E-state index is 12.9. The zero-order chi connectivity index (χ0) is 27.8. The third kappa shape index (κ3) is 10.9. The second kappa shape index (κ2) is 16.7. The zero-order valence-corrected chi connectivity index (χ0v) is 23.1. The van der Waals surface area contributed by atoms with Crippen LogP contribution < -0.4 is 10.6 Å². The summed E-state index contributed by atoms with van der Waals surface area (Å²) in [4.78, 5) is 49.2. The first-order chi connectivity index (χ1) is 17.7. The number of anilines is 1. The third-order valence-electron chi connectivity index (χ3n) is 5.28. The van der Waals surface area contributed by atoms with Crippen LogP contribution in [0, 0.1) is 0 Å². The van der Waals surface area contributed by atoms with Gasteiger partial charge in [0.2, 0.25) is 5.91 Å². The Morgan fingerprint density at radius 2 is 1.78 bits per heavy atom. The van der Waals surface area contributed by atoms with Gasteiger partial charge in [0.15, 0.2) is 0 Å². The van der Waals surface area contributed by atoms with Crippen LogP contribution in [0.1, 0.15) is 69.8 Å². The molecule has 10 heteroatoms. The number of fused-ring (bicyclic) bond motifs is 1. The van der Waals surface area contributed by atoms with Gasteiger partial charge in [-0.25, -0.2) is 0 Å². The van der Waals surface area contributed by atoms with E-state index in [2.05, 4.69) is 10.6 Å². The molecular weight excluding hydrogens is 478 g/mol. The number of carbonyl (C=O) groups excluding carboxylic acids is 4. The minimum Gasteiger partial charge on any atom is -0.460 e. The monoisotopic (exact) mass is 521 g/mol. The Hall–Kier alpha value is -2.98. The van der Waals surface area contributed by atoms with Crippen molar-refractivity contribution in [1.82, 2.24) is 10.2 Å². The van der Waals surface area contributed by atoms with Gasteiger partial charge in [0.05, 0.1) is 32.8 Å². The van der Waals surface area contributed by atoms with Crippen LogP contribution >= 0.6 is 0 Å². The lowest BCUT2D eigenvalue weighted by molar-refractivity contribution is -0.156. The number of rotatable bonds is 15. The molecule has 1 aromatic carbocycles. The van der Waals surface area contributed by atoms with E-state index in [1.807, 2.05) is 40.7 Å². The van der Waals surface area contributed by atoms with Gasteiger partial charge in [-0.05, 0) is 39.3 Å². The summed E-state index contributed by atoms with van der Waals surface area (Å²) in [5.74, 6) is -0.799. The summed E-state index contributed by atoms with van der Waals surface area (Å²) in [5.41, 5.74) is 1.68. The van der Waals surface area contributed by atoms with Gasteiger partial charge in [-0.2, -0.15) is 0 Å². The lowest BCUT2D eigenvalue weighted by Crippen LogP contribution is -2.46. The second-order valence-electron chi connectivity index (χ2n) is 9.13. The molecule has 2 N–H and O–H groups in total. The van der Waals surface area contributed by atoms with Crippen LogP contribution in [0.3, 0.4) is 0 Å². The van der Waals surface area contributed by atoms with Crippen LogP contribution in [0.4, 0.5) is 5.69 Å². The van der Waals surface area contributed by atoms with Crippen molar-refractivity contribution in [1.29, 1.82) is 0 Å². The minimum atomic E-state index is -0.698.